The van der Waals surface area contributed by atoms with Gasteiger partial charge in [0.05, 0.1) is 25.6 Å². The second kappa shape index (κ2) is 3.56. The van der Waals surface area contributed by atoms with Crippen molar-refractivity contribution in [1.82, 2.24) is 0 Å². The van der Waals surface area contributed by atoms with Crippen LogP contribution in [0.1, 0.15) is 13.3 Å². The second-order valence-corrected chi connectivity index (χ2v) is 2.72. The van der Waals surface area contributed by atoms with Gasteiger partial charge < -0.3 is 9.47 Å². The highest BCUT2D eigenvalue weighted by molar-refractivity contribution is 5.87. The molecule has 0 bridgehead atoms. The zero-order chi connectivity index (χ0) is 9.14. The predicted octanol–water partition coefficient (Wildman–Crippen LogP) is 0.359. The van der Waals surface area contributed by atoms with E-state index >= 15 is 0 Å². The summed E-state index contributed by atoms with van der Waals surface area (Å²) in [6.45, 7) is 2.11. The van der Waals surface area contributed by atoms with Crippen LogP contribution in [0.5, 0.6) is 0 Å². The van der Waals surface area contributed by atoms with Crippen LogP contribution in [0.3, 0.4) is 0 Å². The first-order valence-electron chi connectivity index (χ1n) is 3.95. The van der Waals surface area contributed by atoms with Crippen molar-refractivity contribution < 1.29 is 19.1 Å². The molecule has 68 valence electrons. The van der Waals surface area contributed by atoms with Gasteiger partial charge in [0.1, 0.15) is 0 Å². The molecule has 0 radical (unpaired) electrons. The molecule has 4 nitrogen and oxygen atoms in total. The molecule has 2 unspecified atom stereocenters. The summed E-state index contributed by atoms with van der Waals surface area (Å²) in [5, 5.41) is 0. The number of hydrogen-bond acceptors (Lipinski definition) is 4. The highest BCUT2D eigenvalue weighted by atomic mass is 16.5. The van der Waals surface area contributed by atoms with E-state index in [1.54, 1.807) is 6.92 Å². The molecule has 1 fully saturated rings. The summed E-state index contributed by atoms with van der Waals surface area (Å²) >= 11 is 0. The Morgan fingerprint density at radius 3 is 2.42 bits per heavy atom. The second-order valence-electron chi connectivity index (χ2n) is 2.72. The van der Waals surface area contributed by atoms with E-state index in [0.717, 1.165) is 0 Å². The molecule has 0 aromatic rings. The van der Waals surface area contributed by atoms with Crippen molar-refractivity contribution in [1.29, 1.82) is 0 Å². The van der Waals surface area contributed by atoms with Crippen LogP contribution in [0.25, 0.3) is 0 Å². The van der Waals surface area contributed by atoms with E-state index < -0.39 is 0 Å². The first-order valence-corrected chi connectivity index (χ1v) is 3.95. The molecule has 1 rings (SSSR count). The normalized spacial score (nSPS) is 26.2. The van der Waals surface area contributed by atoms with E-state index in [1.165, 1.54) is 7.11 Å². The Morgan fingerprint density at radius 2 is 1.92 bits per heavy atom. The molecule has 1 aliphatic rings. The van der Waals surface area contributed by atoms with E-state index in [0.29, 0.717) is 13.0 Å². The van der Waals surface area contributed by atoms with Gasteiger partial charge in [0, 0.05) is 0 Å². The maximum atomic E-state index is 11.0. The predicted molar refractivity (Wildman–Crippen MR) is 40.2 cm³/mol. The Hall–Kier alpha value is -1.06. The van der Waals surface area contributed by atoms with Gasteiger partial charge in [-0.15, -0.1) is 0 Å². The van der Waals surface area contributed by atoms with Crippen molar-refractivity contribution in [3.8, 4) is 0 Å². The Balaban J connectivity index is 2.32. The third kappa shape index (κ3) is 1.75. The molecule has 4 heteroatoms. The number of methoxy groups -OCH3 is 1. The number of hydrogen-bond donors (Lipinski definition) is 0. The molecular formula is C8H12O4. The SMILES string of the molecule is CCOC(=O)C1CC1C(=O)OC. The molecule has 0 aliphatic heterocycles. The molecule has 0 aromatic carbocycles. The van der Waals surface area contributed by atoms with Crippen molar-refractivity contribution in [2.24, 2.45) is 11.8 Å². The number of ether oxygens (including phenoxy) is 2. The third-order valence-electron chi connectivity index (χ3n) is 1.88. The van der Waals surface area contributed by atoms with E-state index in [4.69, 9.17) is 4.74 Å². The van der Waals surface area contributed by atoms with E-state index in [9.17, 15) is 9.59 Å². The van der Waals surface area contributed by atoms with Crippen LogP contribution in [0.2, 0.25) is 0 Å². The average molecular weight is 172 g/mol. The molecule has 0 N–H and O–H groups in total. The zero-order valence-corrected chi connectivity index (χ0v) is 7.20. The standard InChI is InChI=1S/C8H12O4/c1-3-12-8(10)6-4-5(6)7(9)11-2/h5-6H,3-4H2,1-2H3. The van der Waals surface area contributed by atoms with E-state index in [2.05, 4.69) is 4.74 Å². The lowest BCUT2D eigenvalue weighted by atomic mass is 10.3. The van der Waals surface area contributed by atoms with Gasteiger partial charge in [0.2, 0.25) is 0 Å². The summed E-state index contributed by atoms with van der Waals surface area (Å²) in [7, 11) is 1.32. The minimum atomic E-state index is -0.312. The fourth-order valence-electron chi connectivity index (χ4n) is 1.12. The summed E-state index contributed by atoms with van der Waals surface area (Å²) in [5.41, 5.74) is 0. The van der Waals surface area contributed by atoms with Crippen LogP contribution in [-0.2, 0) is 19.1 Å². The highest BCUT2D eigenvalue weighted by Gasteiger charge is 2.49. The Bertz CT molecular complexity index is 199. The Kier molecular flexibility index (Phi) is 2.68. The van der Waals surface area contributed by atoms with Crippen molar-refractivity contribution in [3.63, 3.8) is 0 Å². The van der Waals surface area contributed by atoms with Gasteiger partial charge in [-0.3, -0.25) is 9.59 Å². The van der Waals surface area contributed by atoms with E-state index in [-0.39, 0.29) is 23.8 Å². The molecule has 1 aliphatic carbocycles. The number of rotatable bonds is 3. The summed E-state index contributed by atoms with van der Waals surface area (Å²) in [6, 6.07) is 0. The summed E-state index contributed by atoms with van der Waals surface area (Å²) < 4.78 is 9.23. The van der Waals surface area contributed by atoms with Gasteiger partial charge in [0.25, 0.3) is 0 Å². The number of carbonyl (C=O) groups is 2. The van der Waals surface area contributed by atoms with Crippen molar-refractivity contribution in [3.05, 3.63) is 0 Å². The first kappa shape index (κ1) is 9.03. The topological polar surface area (TPSA) is 52.6 Å². The van der Waals surface area contributed by atoms with Gasteiger partial charge in [-0.05, 0) is 13.3 Å². The molecule has 1 saturated carbocycles. The molecule has 0 spiro atoms. The number of carbonyl (C=O) groups excluding carboxylic acids is 2. The molecule has 0 saturated heterocycles. The van der Waals surface area contributed by atoms with E-state index in [1.807, 2.05) is 0 Å². The lowest BCUT2D eigenvalue weighted by Gasteiger charge is -1.99. The summed E-state index contributed by atoms with van der Waals surface area (Å²) in [5.74, 6) is -1.10. The van der Waals surface area contributed by atoms with Crippen LogP contribution >= 0.6 is 0 Å². The Morgan fingerprint density at radius 1 is 1.33 bits per heavy atom. The minimum Gasteiger partial charge on any atom is -0.469 e. The summed E-state index contributed by atoms with van der Waals surface area (Å²) in [6.07, 6.45) is 0.575. The van der Waals surface area contributed by atoms with Crippen LogP contribution in [0.15, 0.2) is 0 Å². The molecule has 0 amide bonds. The largest absolute Gasteiger partial charge is 0.469 e. The van der Waals surface area contributed by atoms with Gasteiger partial charge in [-0.25, -0.2) is 0 Å². The molecule has 2 atom stereocenters. The molecular weight excluding hydrogens is 160 g/mol. The Labute approximate surface area is 70.8 Å². The maximum Gasteiger partial charge on any atom is 0.309 e. The lowest BCUT2D eigenvalue weighted by molar-refractivity contribution is -0.149. The van der Waals surface area contributed by atoms with Crippen LogP contribution in [0, 0.1) is 11.8 Å². The fourth-order valence-corrected chi connectivity index (χ4v) is 1.12. The molecule has 0 heterocycles. The van der Waals surface area contributed by atoms with Gasteiger partial charge in [0.15, 0.2) is 0 Å². The molecule has 0 aromatic heterocycles. The van der Waals surface area contributed by atoms with Crippen LogP contribution in [0.4, 0.5) is 0 Å². The zero-order valence-electron chi connectivity index (χ0n) is 7.20. The van der Waals surface area contributed by atoms with Crippen LogP contribution in [-0.4, -0.2) is 25.7 Å². The van der Waals surface area contributed by atoms with Gasteiger partial charge in [-0.1, -0.05) is 0 Å². The van der Waals surface area contributed by atoms with Crippen LogP contribution < -0.4 is 0 Å². The maximum absolute atomic E-state index is 11.0. The third-order valence-corrected chi connectivity index (χ3v) is 1.88. The van der Waals surface area contributed by atoms with Gasteiger partial charge >= 0.3 is 11.9 Å². The fraction of sp³-hybridized carbons (Fsp3) is 0.750. The van der Waals surface area contributed by atoms with Crippen molar-refractivity contribution in [2.45, 2.75) is 13.3 Å². The summed E-state index contributed by atoms with van der Waals surface area (Å²) in [4.78, 5) is 21.9. The van der Waals surface area contributed by atoms with Crippen molar-refractivity contribution >= 4 is 11.9 Å². The highest BCUT2D eigenvalue weighted by Crippen LogP contribution is 2.40. The average Bonchev–Trinajstić information content (AvgIpc) is 2.82. The first-order chi connectivity index (χ1) is 5.70. The van der Waals surface area contributed by atoms with Gasteiger partial charge in [-0.2, -0.15) is 0 Å². The number of esters is 2. The monoisotopic (exact) mass is 172 g/mol. The lowest BCUT2D eigenvalue weighted by Crippen LogP contribution is -2.12. The minimum absolute atomic E-state index is 0.252. The van der Waals surface area contributed by atoms with Crippen molar-refractivity contribution in [2.75, 3.05) is 13.7 Å². The smallest absolute Gasteiger partial charge is 0.309 e. The molecule has 12 heavy (non-hydrogen) atoms. The quantitative estimate of drug-likeness (QED) is 0.577.